The van der Waals surface area contributed by atoms with Crippen molar-refractivity contribution in [3.8, 4) is 0 Å². The van der Waals surface area contributed by atoms with Gasteiger partial charge in [0.1, 0.15) is 18.4 Å². The third-order valence-corrected chi connectivity index (χ3v) is 8.14. The van der Waals surface area contributed by atoms with Crippen molar-refractivity contribution < 1.29 is 22.4 Å². The molecular weight excluding hydrogens is 576 g/mol. The Hall–Kier alpha value is -3.14. The molecule has 0 aliphatic rings. The van der Waals surface area contributed by atoms with E-state index in [0.29, 0.717) is 21.3 Å². The number of amides is 2. The van der Waals surface area contributed by atoms with Gasteiger partial charge >= 0.3 is 0 Å². The van der Waals surface area contributed by atoms with Crippen molar-refractivity contribution >= 4 is 50.7 Å². The van der Waals surface area contributed by atoms with E-state index in [1.165, 1.54) is 29.2 Å². The number of carbonyl (C=O) groups is 2. The average Bonchev–Trinajstić information content (AvgIpc) is 2.90. The zero-order valence-corrected chi connectivity index (χ0v) is 24.8. The van der Waals surface area contributed by atoms with Crippen LogP contribution in [-0.4, -0.2) is 50.0 Å². The molecule has 0 heterocycles. The molecule has 11 heteroatoms. The number of nitrogens with one attached hydrogen (secondary N) is 1. The average molecular weight is 609 g/mol. The van der Waals surface area contributed by atoms with Crippen LogP contribution in [0.4, 0.5) is 10.1 Å². The molecule has 0 radical (unpaired) electrons. The molecule has 2 atom stereocenters. The van der Waals surface area contributed by atoms with E-state index in [4.69, 9.17) is 23.2 Å². The van der Waals surface area contributed by atoms with Crippen LogP contribution < -0.4 is 9.62 Å². The normalized spacial score (nSPS) is 12.8. The maximum absolute atomic E-state index is 14.7. The number of anilines is 1. The molecule has 3 rings (SSSR count). The van der Waals surface area contributed by atoms with Crippen LogP contribution in [0, 0.1) is 5.82 Å². The van der Waals surface area contributed by atoms with Crippen molar-refractivity contribution in [3.05, 3.63) is 99.8 Å². The van der Waals surface area contributed by atoms with Crippen molar-refractivity contribution in [1.29, 1.82) is 0 Å². The van der Waals surface area contributed by atoms with Crippen LogP contribution in [0.15, 0.2) is 72.8 Å². The number of para-hydroxylation sites is 1. The molecule has 0 saturated heterocycles. The van der Waals surface area contributed by atoms with E-state index >= 15 is 0 Å². The predicted octanol–water partition coefficient (Wildman–Crippen LogP) is 5.45. The number of hydrogen-bond donors (Lipinski definition) is 1. The van der Waals surface area contributed by atoms with Crippen molar-refractivity contribution in [2.45, 2.75) is 45.3 Å². The second-order valence-electron chi connectivity index (χ2n) is 9.50. The maximum Gasteiger partial charge on any atom is 0.244 e. The molecule has 0 saturated carbocycles. The van der Waals surface area contributed by atoms with Crippen molar-refractivity contribution in [3.63, 3.8) is 0 Å². The van der Waals surface area contributed by atoms with E-state index in [0.717, 1.165) is 17.9 Å². The van der Waals surface area contributed by atoms with Gasteiger partial charge in [-0.2, -0.15) is 0 Å². The molecular formula is C29H32Cl2FN3O4S. The number of nitrogens with zero attached hydrogens (tertiary/aromatic N) is 2. The number of rotatable bonds is 12. The lowest BCUT2D eigenvalue weighted by atomic mass is 10.0. The summed E-state index contributed by atoms with van der Waals surface area (Å²) in [5.41, 5.74) is 1.03. The standard InChI is InChI=1S/C29H32Cl2FN3O4S/c1-4-20(2)33-29(37)27(16-21-10-6-5-7-11-21)34(18-22-14-15-23(30)17-24(22)31)28(36)19-35(40(3,38)39)26-13-9-8-12-25(26)32/h5-15,17,20,27H,4,16,18-19H2,1-3H3,(H,33,37)/t20-,27+/m1/s1. The summed E-state index contributed by atoms with van der Waals surface area (Å²) < 4.78 is 40.9. The minimum absolute atomic E-state index is 0.116. The van der Waals surface area contributed by atoms with E-state index in [-0.39, 0.29) is 29.7 Å². The van der Waals surface area contributed by atoms with Gasteiger partial charge in [-0.25, -0.2) is 12.8 Å². The van der Waals surface area contributed by atoms with Crippen molar-refractivity contribution in [2.24, 2.45) is 0 Å². The lowest BCUT2D eigenvalue weighted by Gasteiger charge is -2.34. The molecule has 0 aliphatic carbocycles. The van der Waals surface area contributed by atoms with Gasteiger partial charge in [0.25, 0.3) is 0 Å². The van der Waals surface area contributed by atoms with Gasteiger partial charge in [-0.05, 0) is 48.7 Å². The fourth-order valence-electron chi connectivity index (χ4n) is 4.08. The molecule has 0 fully saturated rings. The fraction of sp³-hybridized carbons (Fsp3) is 0.310. The highest BCUT2D eigenvalue weighted by Crippen LogP contribution is 2.26. The molecule has 0 aliphatic heterocycles. The molecule has 1 N–H and O–H groups in total. The molecule has 0 unspecified atom stereocenters. The van der Waals surface area contributed by atoms with E-state index in [1.54, 1.807) is 12.1 Å². The van der Waals surface area contributed by atoms with Gasteiger partial charge in [0.2, 0.25) is 21.8 Å². The minimum atomic E-state index is -4.08. The van der Waals surface area contributed by atoms with E-state index in [2.05, 4.69) is 5.32 Å². The molecule has 7 nitrogen and oxygen atoms in total. The van der Waals surface area contributed by atoms with Gasteiger partial charge in [0.05, 0.1) is 11.9 Å². The molecule has 40 heavy (non-hydrogen) atoms. The molecule has 2 amide bonds. The number of carbonyl (C=O) groups excluding carboxylic acids is 2. The summed E-state index contributed by atoms with van der Waals surface area (Å²) in [5, 5.41) is 3.61. The Morgan fingerprint density at radius 3 is 2.25 bits per heavy atom. The first kappa shape index (κ1) is 31.4. The second-order valence-corrected chi connectivity index (χ2v) is 12.3. The Morgan fingerprint density at radius 2 is 1.65 bits per heavy atom. The van der Waals surface area contributed by atoms with E-state index < -0.39 is 40.2 Å². The number of halogens is 3. The third-order valence-electron chi connectivity index (χ3n) is 6.43. The van der Waals surface area contributed by atoms with Gasteiger partial charge in [-0.15, -0.1) is 0 Å². The lowest BCUT2D eigenvalue weighted by molar-refractivity contribution is -0.140. The van der Waals surface area contributed by atoms with Crippen LogP contribution in [0.3, 0.4) is 0 Å². The van der Waals surface area contributed by atoms with E-state index in [9.17, 15) is 22.4 Å². The van der Waals surface area contributed by atoms with Crippen molar-refractivity contribution in [2.75, 3.05) is 17.1 Å². The molecule has 0 aromatic heterocycles. The summed E-state index contributed by atoms with van der Waals surface area (Å²) in [6.45, 7) is 2.93. The zero-order valence-electron chi connectivity index (χ0n) is 22.5. The highest BCUT2D eigenvalue weighted by Gasteiger charge is 2.34. The van der Waals surface area contributed by atoms with Gasteiger partial charge in [-0.1, -0.05) is 78.7 Å². The third kappa shape index (κ3) is 8.43. The molecule has 0 spiro atoms. The summed E-state index contributed by atoms with van der Waals surface area (Å²) in [7, 11) is -4.08. The quantitative estimate of drug-likeness (QED) is 0.296. The van der Waals surface area contributed by atoms with Gasteiger partial charge in [0.15, 0.2) is 0 Å². The first-order chi connectivity index (χ1) is 18.9. The first-order valence-corrected chi connectivity index (χ1v) is 15.3. The largest absolute Gasteiger partial charge is 0.352 e. The van der Waals surface area contributed by atoms with Crippen LogP contribution in [0.25, 0.3) is 0 Å². The highest BCUT2D eigenvalue weighted by atomic mass is 35.5. The number of benzene rings is 3. The molecule has 0 bridgehead atoms. The zero-order chi connectivity index (χ0) is 29.4. The van der Waals surface area contributed by atoms with E-state index in [1.807, 2.05) is 44.2 Å². The summed E-state index contributed by atoms with van der Waals surface area (Å²) in [6.07, 6.45) is 1.71. The second kappa shape index (κ2) is 14.0. The molecule has 3 aromatic carbocycles. The van der Waals surface area contributed by atoms with Crippen LogP contribution in [0.5, 0.6) is 0 Å². The van der Waals surface area contributed by atoms with Crippen molar-refractivity contribution in [1.82, 2.24) is 10.2 Å². The molecule has 3 aromatic rings. The maximum atomic E-state index is 14.7. The Kier molecular flexibility index (Phi) is 11.0. The van der Waals surface area contributed by atoms with Crippen LogP contribution in [-0.2, 0) is 32.6 Å². The van der Waals surface area contributed by atoms with Gasteiger partial charge in [0, 0.05) is 29.1 Å². The Morgan fingerprint density at radius 1 is 1.00 bits per heavy atom. The number of sulfonamides is 1. The van der Waals surface area contributed by atoms with Gasteiger partial charge in [-0.3, -0.25) is 13.9 Å². The minimum Gasteiger partial charge on any atom is -0.352 e. The smallest absolute Gasteiger partial charge is 0.244 e. The summed E-state index contributed by atoms with van der Waals surface area (Å²) >= 11 is 12.5. The SMILES string of the molecule is CC[C@@H](C)NC(=O)[C@H](Cc1ccccc1)N(Cc1ccc(Cl)cc1Cl)C(=O)CN(c1ccccc1F)S(C)(=O)=O. The summed E-state index contributed by atoms with van der Waals surface area (Å²) in [5.74, 6) is -1.92. The van der Waals surface area contributed by atoms with Crippen LogP contribution >= 0.6 is 23.2 Å². The lowest BCUT2D eigenvalue weighted by Crippen LogP contribution is -2.54. The first-order valence-electron chi connectivity index (χ1n) is 12.7. The van der Waals surface area contributed by atoms with Crippen LogP contribution in [0.2, 0.25) is 10.0 Å². The molecule has 214 valence electrons. The van der Waals surface area contributed by atoms with Gasteiger partial charge < -0.3 is 10.2 Å². The monoisotopic (exact) mass is 607 g/mol. The predicted molar refractivity (Wildman–Crippen MR) is 157 cm³/mol. The Labute approximate surface area is 244 Å². The highest BCUT2D eigenvalue weighted by molar-refractivity contribution is 7.92. The number of hydrogen-bond acceptors (Lipinski definition) is 4. The fourth-order valence-corrected chi connectivity index (χ4v) is 5.40. The Balaban J connectivity index is 2.10. The summed E-state index contributed by atoms with van der Waals surface area (Å²) in [6, 6.07) is 18.0. The summed E-state index contributed by atoms with van der Waals surface area (Å²) in [4.78, 5) is 28.9. The van der Waals surface area contributed by atoms with Crippen LogP contribution in [0.1, 0.15) is 31.4 Å². The Bertz CT molecular complexity index is 1440. The topological polar surface area (TPSA) is 86.8 Å².